The monoisotopic (exact) mass is 574 g/mol. The number of phenolic OH excluding ortho intramolecular Hbond substituents is 2. The Morgan fingerprint density at radius 3 is 1.76 bits per heavy atom. The molecule has 0 heterocycles. The standard InChI is InChI=1S/C29H19BrO8/c1-37-29(36)20-21(23(31)16-10-4-2-5-11-16)25(33)26(34)27(38-28(35)17-12-6-3-7-13-17)22(20)24(32)18-14-8-9-15-19(18)30/h2-15,33-34H,1H3. The highest BCUT2D eigenvalue weighted by Gasteiger charge is 2.37. The fraction of sp³-hybridized carbons (Fsp3) is 0.0345. The first-order valence-electron chi connectivity index (χ1n) is 11.1. The summed E-state index contributed by atoms with van der Waals surface area (Å²) >= 11 is 3.28. The van der Waals surface area contributed by atoms with Gasteiger partial charge in [0.05, 0.1) is 29.4 Å². The van der Waals surface area contributed by atoms with Gasteiger partial charge in [-0.05, 0) is 24.3 Å². The number of esters is 2. The number of phenols is 2. The zero-order valence-corrected chi connectivity index (χ0v) is 21.4. The Morgan fingerprint density at radius 2 is 1.18 bits per heavy atom. The summed E-state index contributed by atoms with van der Waals surface area (Å²) in [7, 11) is 1.02. The number of carbonyl (C=O) groups is 4. The van der Waals surface area contributed by atoms with Crippen molar-refractivity contribution in [1.29, 1.82) is 0 Å². The Kier molecular flexibility index (Phi) is 7.68. The molecule has 0 aliphatic heterocycles. The molecule has 8 nitrogen and oxygen atoms in total. The smallest absolute Gasteiger partial charge is 0.343 e. The maximum absolute atomic E-state index is 13.9. The normalized spacial score (nSPS) is 10.5. The average Bonchev–Trinajstić information content (AvgIpc) is 2.95. The van der Waals surface area contributed by atoms with Gasteiger partial charge in [-0.15, -0.1) is 0 Å². The number of carbonyl (C=O) groups excluding carboxylic acids is 4. The summed E-state index contributed by atoms with van der Waals surface area (Å²) in [5, 5.41) is 22.0. The van der Waals surface area contributed by atoms with Crippen molar-refractivity contribution in [3.05, 3.63) is 123 Å². The molecule has 9 heteroatoms. The van der Waals surface area contributed by atoms with Gasteiger partial charge < -0.3 is 19.7 Å². The van der Waals surface area contributed by atoms with E-state index in [4.69, 9.17) is 9.47 Å². The van der Waals surface area contributed by atoms with Gasteiger partial charge in [0.2, 0.25) is 5.75 Å². The molecule has 4 rings (SSSR count). The Bertz CT molecular complexity index is 1560. The summed E-state index contributed by atoms with van der Waals surface area (Å²) in [4.78, 5) is 53.4. The van der Waals surface area contributed by atoms with E-state index < -0.39 is 57.4 Å². The minimum absolute atomic E-state index is 0.0258. The van der Waals surface area contributed by atoms with Crippen molar-refractivity contribution in [3.63, 3.8) is 0 Å². The van der Waals surface area contributed by atoms with Crippen LogP contribution in [0.3, 0.4) is 0 Å². The van der Waals surface area contributed by atoms with Gasteiger partial charge in [0.15, 0.2) is 23.1 Å². The fourth-order valence-electron chi connectivity index (χ4n) is 3.78. The Balaban J connectivity index is 2.06. The molecular weight excluding hydrogens is 556 g/mol. The molecule has 0 atom stereocenters. The van der Waals surface area contributed by atoms with E-state index in [0.717, 1.165) is 7.11 Å². The second kappa shape index (κ2) is 11.1. The molecule has 0 aliphatic rings. The van der Waals surface area contributed by atoms with Gasteiger partial charge in [-0.2, -0.15) is 0 Å². The number of ether oxygens (including phenoxy) is 2. The number of benzene rings is 4. The highest BCUT2D eigenvalue weighted by Crippen LogP contribution is 2.46. The summed E-state index contributed by atoms with van der Waals surface area (Å²) in [6.07, 6.45) is 0. The molecule has 0 fully saturated rings. The zero-order chi connectivity index (χ0) is 27.4. The number of aromatic hydroxyl groups is 2. The highest BCUT2D eigenvalue weighted by molar-refractivity contribution is 9.10. The number of ketones is 2. The summed E-state index contributed by atoms with van der Waals surface area (Å²) in [5.41, 5.74) is -1.85. The number of methoxy groups -OCH3 is 1. The third kappa shape index (κ3) is 4.91. The van der Waals surface area contributed by atoms with E-state index in [0.29, 0.717) is 4.47 Å². The van der Waals surface area contributed by atoms with Gasteiger partial charge >= 0.3 is 11.9 Å². The average molecular weight is 575 g/mol. The molecule has 2 N–H and O–H groups in total. The van der Waals surface area contributed by atoms with Crippen molar-refractivity contribution in [3.8, 4) is 17.2 Å². The molecule has 0 spiro atoms. The molecule has 0 saturated carbocycles. The molecule has 0 bridgehead atoms. The number of hydrogen-bond donors (Lipinski definition) is 2. The summed E-state index contributed by atoms with van der Waals surface area (Å²) < 4.78 is 10.6. The van der Waals surface area contributed by atoms with E-state index >= 15 is 0 Å². The van der Waals surface area contributed by atoms with Crippen molar-refractivity contribution >= 4 is 39.4 Å². The SMILES string of the molecule is COC(=O)c1c(C(=O)c2ccccc2)c(O)c(O)c(OC(=O)c2ccccc2)c1C(=O)c1ccccc1Br. The van der Waals surface area contributed by atoms with Gasteiger partial charge in [0.1, 0.15) is 0 Å². The third-order valence-electron chi connectivity index (χ3n) is 5.61. The van der Waals surface area contributed by atoms with Gasteiger partial charge in [-0.3, -0.25) is 9.59 Å². The lowest BCUT2D eigenvalue weighted by Crippen LogP contribution is -2.21. The first-order valence-corrected chi connectivity index (χ1v) is 11.9. The fourth-order valence-corrected chi connectivity index (χ4v) is 4.25. The van der Waals surface area contributed by atoms with Crippen LogP contribution in [0, 0.1) is 0 Å². The minimum Gasteiger partial charge on any atom is -0.504 e. The first-order chi connectivity index (χ1) is 18.3. The van der Waals surface area contributed by atoms with Crippen LogP contribution in [-0.2, 0) is 4.74 Å². The Hall–Kier alpha value is -4.76. The van der Waals surface area contributed by atoms with Crippen LogP contribution < -0.4 is 4.74 Å². The highest BCUT2D eigenvalue weighted by atomic mass is 79.9. The van der Waals surface area contributed by atoms with E-state index in [1.54, 1.807) is 54.6 Å². The van der Waals surface area contributed by atoms with E-state index in [1.165, 1.54) is 30.3 Å². The van der Waals surface area contributed by atoms with E-state index in [-0.39, 0.29) is 16.7 Å². The second-order valence-electron chi connectivity index (χ2n) is 7.90. The van der Waals surface area contributed by atoms with Crippen LogP contribution in [0.25, 0.3) is 0 Å². The molecule has 4 aromatic rings. The Labute approximate surface area is 225 Å². The predicted molar refractivity (Wildman–Crippen MR) is 140 cm³/mol. The van der Waals surface area contributed by atoms with Crippen LogP contribution in [-0.4, -0.2) is 40.8 Å². The molecular formula is C29H19BrO8. The predicted octanol–water partition coefficient (Wildman–Crippen LogP) is 5.33. The number of rotatable bonds is 7. The van der Waals surface area contributed by atoms with Crippen LogP contribution in [0.15, 0.2) is 89.4 Å². The lowest BCUT2D eigenvalue weighted by Gasteiger charge is -2.19. The quantitative estimate of drug-likeness (QED) is 0.131. The molecule has 190 valence electrons. The van der Waals surface area contributed by atoms with Crippen molar-refractivity contribution in [2.75, 3.05) is 7.11 Å². The van der Waals surface area contributed by atoms with Crippen LogP contribution in [0.4, 0.5) is 0 Å². The molecule has 0 saturated heterocycles. The molecule has 38 heavy (non-hydrogen) atoms. The maximum atomic E-state index is 13.9. The topological polar surface area (TPSA) is 127 Å². The molecule has 0 radical (unpaired) electrons. The lowest BCUT2D eigenvalue weighted by atomic mass is 9.88. The van der Waals surface area contributed by atoms with Crippen molar-refractivity contribution in [2.24, 2.45) is 0 Å². The summed E-state index contributed by atoms with van der Waals surface area (Å²) in [6.45, 7) is 0. The largest absolute Gasteiger partial charge is 0.504 e. The summed E-state index contributed by atoms with van der Waals surface area (Å²) in [6, 6.07) is 21.5. The van der Waals surface area contributed by atoms with Gasteiger partial charge in [-0.1, -0.05) is 76.6 Å². The van der Waals surface area contributed by atoms with Crippen molar-refractivity contribution in [2.45, 2.75) is 0 Å². The Morgan fingerprint density at radius 1 is 0.632 bits per heavy atom. The lowest BCUT2D eigenvalue weighted by molar-refractivity contribution is 0.0589. The maximum Gasteiger partial charge on any atom is 0.343 e. The number of hydrogen-bond acceptors (Lipinski definition) is 8. The van der Waals surface area contributed by atoms with E-state index in [1.807, 2.05) is 0 Å². The molecule has 0 unspecified atom stereocenters. The molecule has 0 aliphatic carbocycles. The molecule has 0 amide bonds. The van der Waals surface area contributed by atoms with E-state index in [2.05, 4.69) is 15.9 Å². The zero-order valence-electron chi connectivity index (χ0n) is 19.8. The third-order valence-corrected chi connectivity index (χ3v) is 6.30. The van der Waals surface area contributed by atoms with Crippen LogP contribution in [0.5, 0.6) is 17.2 Å². The minimum atomic E-state index is -1.17. The van der Waals surface area contributed by atoms with Crippen LogP contribution in [0.2, 0.25) is 0 Å². The first kappa shape index (κ1) is 26.3. The van der Waals surface area contributed by atoms with Crippen LogP contribution in [0.1, 0.15) is 52.6 Å². The number of halogens is 1. The van der Waals surface area contributed by atoms with E-state index in [9.17, 15) is 29.4 Å². The molecule has 0 aromatic heterocycles. The molecule has 4 aromatic carbocycles. The van der Waals surface area contributed by atoms with Gasteiger partial charge in [-0.25, -0.2) is 9.59 Å². The summed E-state index contributed by atoms with van der Waals surface area (Å²) in [5.74, 6) is -6.85. The second-order valence-corrected chi connectivity index (χ2v) is 8.76. The van der Waals surface area contributed by atoms with Crippen LogP contribution >= 0.6 is 15.9 Å². The van der Waals surface area contributed by atoms with Gasteiger partial charge in [0.25, 0.3) is 0 Å². The van der Waals surface area contributed by atoms with Crippen molar-refractivity contribution < 1.29 is 38.9 Å². The van der Waals surface area contributed by atoms with Gasteiger partial charge in [0, 0.05) is 15.6 Å². The van der Waals surface area contributed by atoms with Crippen molar-refractivity contribution in [1.82, 2.24) is 0 Å².